The summed E-state index contributed by atoms with van der Waals surface area (Å²) in [5, 5.41) is 0. The zero-order chi connectivity index (χ0) is 16.1. The lowest BCUT2D eigenvalue weighted by Crippen LogP contribution is -2.35. The minimum absolute atomic E-state index is 0.596. The highest BCUT2D eigenvalue weighted by molar-refractivity contribution is 5.42. The van der Waals surface area contributed by atoms with Crippen molar-refractivity contribution in [1.29, 1.82) is 0 Å². The fourth-order valence-corrected chi connectivity index (χ4v) is 4.18. The summed E-state index contributed by atoms with van der Waals surface area (Å²) >= 11 is 0. The van der Waals surface area contributed by atoms with Crippen LogP contribution in [0.4, 0.5) is 5.82 Å². The summed E-state index contributed by atoms with van der Waals surface area (Å²) in [7, 11) is 0. The molecule has 0 amide bonds. The van der Waals surface area contributed by atoms with Gasteiger partial charge < -0.3 is 4.90 Å². The van der Waals surface area contributed by atoms with Gasteiger partial charge in [0.25, 0.3) is 0 Å². The predicted molar refractivity (Wildman–Crippen MR) is 98.1 cm³/mol. The van der Waals surface area contributed by atoms with Crippen LogP contribution in [-0.4, -0.2) is 36.1 Å². The Morgan fingerprint density at radius 2 is 1.83 bits per heavy atom. The molecule has 23 heavy (non-hydrogen) atoms. The average molecular weight is 316 g/mol. The van der Waals surface area contributed by atoms with E-state index >= 15 is 0 Å². The van der Waals surface area contributed by atoms with E-state index in [1.165, 1.54) is 94.6 Å². The van der Waals surface area contributed by atoms with Gasteiger partial charge in [-0.3, -0.25) is 4.90 Å². The van der Waals surface area contributed by atoms with Crippen LogP contribution >= 0.6 is 0 Å². The monoisotopic (exact) mass is 315 g/mol. The molecular formula is C20H33N3. The van der Waals surface area contributed by atoms with E-state index in [9.17, 15) is 0 Å². The SMILES string of the molecule is CCCCN1CCCC[C@@H]1c1ccc(N2CCCCC2)nc1C. The molecule has 0 aromatic carbocycles. The summed E-state index contributed by atoms with van der Waals surface area (Å²) in [5.41, 5.74) is 2.73. The molecule has 0 bridgehead atoms. The molecule has 0 unspecified atom stereocenters. The Labute approximate surface area is 142 Å². The molecular weight excluding hydrogens is 282 g/mol. The van der Waals surface area contributed by atoms with Gasteiger partial charge >= 0.3 is 0 Å². The summed E-state index contributed by atoms with van der Waals surface area (Å²) in [6, 6.07) is 5.25. The highest BCUT2D eigenvalue weighted by atomic mass is 15.2. The molecule has 1 aromatic heterocycles. The van der Waals surface area contributed by atoms with Crippen LogP contribution in [0.25, 0.3) is 0 Å². The van der Waals surface area contributed by atoms with Crippen molar-refractivity contribution in [2.24, 2.45) is 0 Å². The summed E-state index contributed by atoms with van der Waals surface area (Å²) in [4.78, 5) is 10.2. The molecule has 1 aromatic rings. The van der Waals surface area contributed by atoms with Crippen LogP contribution in [0, 0.1) is 6.92 Å². The molecule has 0 N–H and O–H groups in total. The molecule has 0 spiro atoms. The van der Waals surface area contributed by atoms with Crippen molar-refractivity contribution in [2.45, 2.75) is 71.3 Å². The molecule has 3 heteroatoms. The lowest BCUT2D eigenvalue weighted by atomic mass is 9.94. The van der Waals surface area contributed by atoms with Gasteiger partial charge in [-0.25, -0.2) is 4.98 Å². The minimum Gasteiger partial charge on any atom is -0.357 e. The highest BCUT2D eigenvalue weighted by Gasteiger charge is 2.25. The Bertz CT molecular complexity index is 494. The van der Waals surface area contributed by atoms with Crippen LogP contribution in [0.1, 0.15) is 75.6 Å². The van der Waals surface area contributed by atoms with Gasteiger partial charge in [0, 0.05) is 24.8 Å². The Balaban J connectivity index is 1.75. The van der Waals surface area contributed by atoms with Crippen molar-refractivity contribution in [3.8, 4) is 0 Å². The normalized spacial score (nSPS) is 23.2. The minimum atomic E-state index is 0.596. The third-order valence-electron chi connectivity index (χ3n) is 5.56. The van der Waals surface area contributed by atoms with E-state index in [2.05, 4.69) is 35.8 Å². The molecule has 2 aliphatic rings. The standard InChI is InChI=1S/C20H33N3/c1-3-4-13-22-14-9-6-10-19(22)18-11-12-20(21-17(18)2)23-15-7-5-8-16-23/h11-12,19H,3-10,13-16H2,1-2H3/t19-/m1/s1. The van der Waals surface area contributed by atoms with Gasteiger partial charge in [-0.05, 0) is 70.2 Å². The quantitative estimate of drug-likeness (QED) is 0.784. The second kappa shape index (κ2) is 8.14. The van der Waals surface area contributed by atoms with E-state index in [0.29, 0.717) is 6.04 Å². The van der Waals surface area contributed by atoms with E-state index in [0.717, 1.165) is 0 Å². The van der Waals surface area contributed by atoms with Crippen molar-refractivity contribution in [1.82, 2.24) is 9.88 Å². The number of aryl methyl sites for hydroxylation is 1. The topological polar surface area (TPSA) is 19.4 Å². The fraction of sp³-hybridized carbons (Fsp3) is 0.750. The first-order valence-corrected chi connectivity index (χ1v) is 9.76. The number of aromatic nitrogens is 1. The van der Waals surface area contributed by atoms with Gasteiger partial charge in [-0.2, -0.15) is 0 Å². The maximum atomic E-state index is 4.99. The first-order valence-electron chi connectivity index (χ1n) is 9.76. The number of nitrogens with zero attached hydrogens (tertiary/aromatic N) is 3. The van der Waals surface area contributed by atoms with Crippen molar-refractivity contribution in [3.63, 3.8) is 0 Å². The molecule has 0 aliphatic carbocycles. The molecule has 0 radical (unpaired) electrons. The predicted octanol–water partition coefficient (Wildman–Crippen LogP) is 4.71. The smallest absolute Gasteiger partial charge is 0.128 e. The van der Waals surface area contributed by atoms with Crippen molar-refractivity contribution >= 4 is 5.82 Å². The van der Waals surface area contributed by atoms with Crippen molar-refractivity contribution in [2.75, 3.05) is 31.1 Å². The number of anilines is 1. The van der Waals surface area contributed by atoms with E-state index in [1.807, 2.05) is 0 Å². The van der Waals surface area contributed by atoms with Crippen LogP contribution in [-0.2, 0) is 0 Å². The van der Waals surface area contributed by atoms with Gasteiger partial charge in [0.1, 0.15) is 5.82 Å². The number of likely N-dealkylation sites (tertiary alicyclic amines) is 1. The lowest BCUT2D eigenvalue weighted by Gasteiger charge is -2.37. The van der Waals surface area contributed by atoms with E-state index in [4.69, 9.17) is 4.98 Å². The number of rotatable bonds is 5. The number of pyridine rings is 1. The van der Waals surface area contributed by atoms with Gasteiger partial charge in [0.2, 0.25) is 0 Å². The Morgan fingerprint density at radius 1 is 1.04 bits per heavy atom. The third-order valence-corrected chi connectivity index (χ3v) is 5.56. The maximum Gasteiger partial charge on any atom is 0.128 e. The largest absolute Gasteiger partial charge is 0.357 e. The second-order valence-electron chi connectivity index (χ2n) is 7.29. The van der Waals surface area contributed by atoms with Crippen LogP contribution in [0.5, 0.6) is 0 Å². The van der Waals surface area contributed by atoms with Gasteiger partial charge in [-0.15, -0.1) is 0 Å². The first kappa shape index (κ1) is 16.8. The average Bonchev–Trinajstić information content (AvgIpc) is 2.61. The van der Waals surface area contributed by atoms with Crippen LogP contribution < -0.4 is 4.90 Å². The molecule has 3 heterocycles. The molecule has 0 saturated carbocycles. The van der Waals surface area contributed by atoms with Gasteiger partial charge in [-0.1, -0.05) is 25.8 Å². The van der Waals surface area contributed by atoms with Crippen LogP contribution in [0.3, 0.4) is 0 Å². The lowest BCUT2D eigenvalue weighted by molar-refractivity contribution is 0.146. The van der Waals surface area contributed by atoms with E-state index in [-0.39, 0.29) is 0 Å². The Morgan fingerprint density at radius 3 is 2.57 bits per heavy atom. The maximum absolute atomic E-state index is 4.99. The summed E-state index contributed by atoms with van der Waals surface area (Å²) < 4.78 is 0. The van der Waals surface area contributed by atoms with E-state index < -0.39 is 0 Å². The molecule has 128 valence electrons. The highest BCUT2D eigenvalue weighted by Crippen LogP contribution is 2.33. The van der Waals surface area contributed by atoms with Crippen LogP contribution in [0.2, 0.25) is 0 Å². The molecule has 2 fully saturated rings. The number of unbranched alkanes of at least 4 members (excludes halogenated alkanes) is 1. The van der Waals surface area contributed by atoms with E-state index in [1.54, 1.807) is 0 Å². The second-order valence-corrected chi connectivity index (χ2v) is 7.29. The van der Waals surface area contributed by atoms with Gasteiger partial charge in [0.05, 0.1) is 0 Å². The zero-order valence-electron chi connectivity index (χ0n) is 15.1. The van der Waals surface area contributed by atoms with Crippen molar-refractivity contribution < 1.29 is 0 Å². The Hall–Kier alpha value is -1.09. The molecule has 3 rings (SSSR count). The summed E-state index contributed by atoms with van der Waals surface area (Å²) in [6.07, 6.45) is 10.6. The number of piperidine rings is 2. The molecule has 3 nitrogen and oxygen atoms in total. The summed E-state index contributed by atoms with van der Waals surface area (Å²) in [5.74, 6) is 1.20. The number of hydrogen-bond acceptors (Lipinski definition) is 3. The van der Waals surface area contributed by atoms with Crippen molar-refractivity contribution in [3.05, 3.63) is 23.4 Å². The van der Waals surface area contributed by atoms with Crippen LogP contribution in [0.15, 0.2) is 12.1 Å². The molecule has 1 atom stereocenters. The molecule has 2 aliphatic heterocycles. The fourth-order valence-electron chi connectivity index (χ4n) is 4.18. The Kier molecular flexibility index (Phi) is 5.93. The zero-order valence-corrected chi connectivity index (χ0v) is 15.1. The first-order chi connectivity index (χ1) is 11.3. The van der Waals surface area contributed by atoms with Gasteiger partial charge in [0.15, 0.2) is 0 Å². The summed E-state index contributed by atoms with van der Waals surface area (Å²) in [6.45, 7) is 9.37. The molecule has 2 saturated heterocycles. The third kappa shape index (κ3) is 4.06. The number of hydrogen-bond donors (Lipinski definition) is 0.